The van der Waals surface area contributed by atoms with E-state index in [1.54, 1.807) is 0 Å². The lowest BCUT2D eigenvalue weighted by Crippen LogP contribution is -2.30. The summed E-state index contributed by atoms with van der Waals surface area (Å²) >= 11 is 0. The molecule has 0 aliphatic carbocycles. The van der Waals surface area contributed by atoms with Gasteiger partial charge in [0, 0.05) is 19.3 Å². The lowest BCUT2D eigenvalue weighted by Gasteiger charge is -2.18. The van der Waals surface area contributed by atoms with E-state index in [1.807, 2.05) is 0 Å². The van der Waals surface area contributed by atoms with Gasteiger partial charge in [0.2, 0.25) is 0 Å². The Kier molecular flexibility index (Phi) is 53.0. The summed E-state index contributed by atoms with van der Waals surface area (Å²) in [5, 5.41) is 0. The molecule has 0 fully saturated rings. The molecule has 0 heterocycles. The molecule has 0 aliphatic rings. The monoisotopic (exact) mass is 965 g/mol. The highest BCUT2D eigenvalue weighted by Crippen LogP contribution is 2.13. The van der Waals surface area contributed by atoms with Gasteiger partial charge in [0.25, 0.3) is 0 Å². The zero-order valence-corrected chi connectivity index (χ0v) is 44.7. The van der Waals surface area contributed by atoms with Crippen LogP contribution in [0.5, 0.6) is 0 Å². The van der Waals surface area contributed by atoms with Crippen LogP contribution in [0.2, 0.25) is 0 Å². The van der Waals surface area contributed by atoms with Crippen LogP contribution in [0.25, 0.3) is 0 Å². The first kappa shape index (κ1) is 65.3. The predicted molar refractivity (Wildman–Crippen MR) is 302 cm³/mol. The van der Waals surface area contributed by atoms with Crippen LogP contribution >= 0.6 is 0 Å². The molecule has 70 heavy (non-hydrogen) atoms. The van der Waals surface area contributed by atoms with E-state index in [0.29, 0.717) is 19.3 Å². The standard InChI is InChI=1S/C64H100O6/c1-4-7-10-13-16-19-22-24-26-28-29-30-31-32-33-34-35-37-38-40-42-45-48-51-54-57-63(66)69-60-61(59-68-62(65)56-53-50-47-44-21-18-15-12-9-6-3)70-64(67)58-55-52-49-46-43-41-39-36-27-25-23-20-17-14-11-8-5-2/h7-8,10-11,16-17,19-20,24-27,29-30,32-33,35,37,39-42,46,49,61H,4-6,9,12-15,18,21-23,28,31,34,36,38,43-45,47-48,50-60H2,1-3H3/b10-7-,11-8-,19-16-,20-17-,26-24-,27-25-,30-29-,33-32-,37-35-,41-39-,42-40-,49-46-. The van der Waals surface area contributed by atoms with Crippen molar-refractivity contribution >= 4 is 17.9 Å². The number of esters is 3. The molecule has 0 aromatic rings. The molecule has 392 valence electrons. The molecule has 0 aromatic carbocycles. The largest absolute Gasteiger partial charge is 0.462 e. The quantitative estimate of drug-likeness (QED) is 0.0262. The highest BCUT2D eigenvalue weighted by atomic mass is 16.6. The first-order valence-corrected chi connectivity index (χ1v) is 27.8. The second-order valence-electron chi connectivity index (χ2n) is 17.7. The number of hydrogen-bond donors (Lipinski definition) is 0. The Bertz CT molecular complexity index is 1580. The van der Waals surface area contributed by atoms with Gasteiger partial charge in [-0.25, -0.2) is 0 Å². The molecule has 1 unspecified atom stereocenters. The summed E-state index contributed by atoms with van der Waals surface area (Å²) in [6.45, 7) is 6.30. The molecular weight excluding hydrogens is 865 g/mol. The van der Waals surface area contributed by atoms with Crippen LogP contribution < -0.4 is 0 Å². The Morgan fingerprint density at radius 3 is 0.914 bits per heavy atom. The molecular formula is C64H100O6. The van der Waals surface area contributed by atoms with Gasteiger partial charge < -0.3 is 14.2 Å². The molecule has 1 atom stereocenters. The Hall–Kier alpha value is -4.71. The van der Waals surface area contributed by atoms with Crippen molar-refractivity contribution in [1.82, 2.24) is 0 Å². The lowest BCUT2D eigenvalue weighted by atomic mass is 10.1. The molecule has 0 amide bonds. The van der Waals surface area contributed by atoms with E-state index in [0.717, 1.165) is 128 Å². The van der Waals surface area contributed by atoms with Crippen LogP contribution in [0.1, 0.15) is 220 Å². The number of rotatable bonds is 48. The summed E-state index contributed by atoms with van der Waals surface area (Å²) in [6.07, 6.45) is 81.3. The van der Waals surface area contributed by atoms with Crippen molar-refractivity contribution in [2.24, 2.45) is 0 Å². The van der Waals surface area contributed by atoms with Crippen LogP contribution in [0.3, 0.4) is 0 Å². The van der Waals surface area contributed by atoms with E-state index in [2.05, 4.69) is 167 Å². The average Bonchev–Trinajstić information content (AvgIpc) is 3.36. The molecule has 0 bridgehead atoms. The Labute approximate surface area is 429 Å². The summed E-state index contributed by atoms with van der Waals surface area (Å²) < 4.78 is 16.7. The van der Waals surface area contributed by atoms with E-state index in [-0.39, 0.29) is 37.5 Å². The molecule has 0 aliphatic heterocycles. The number of allylic oxidation sites excluding steroid dienone is 24. The summed E-state index contributed by atoms with van der Waals surface area (Å²) in [5.41, 5.74) is 0. The Morgan fingerprint density at radius 2 is 0.571 bits per heavy atom. The van der Waals surface area contributed by atoms with Crippen molar-refractivity contribution in [1.29, 1.82) is 0 Å². The SMILES string of the molecule is CC/C=C\C/C=C\C/C=C\C/C=C\C/C=C\C/C=C\C/C=C\CCCCCC(=O)OCC(COC(=O)CCCCCCCCCCCC)OC(=O)CCC/C=C\C/C=C\C/C=C\C/C=C\C/C=C\CC. The summed E-state index contributed by atoms with van der Waals surface area (Å²) in [4.78, 5) is 38.0. The second-order valence-corrected chi connectivity index (χ2v) is 17.7. The number of carbonyl (C=O) groups excluding carboxylic acids is 3. The third kappa shape index (κ3) is 54.2. The number of unbranched alkanes of at least 4 members (excludes halogenated alkanes) is 13. The highest BCUT2D eigenvalue weighted by Gasteiger charge is 2.19. The first-order valence-electron chi connectivity index (χ1n) is 27.8. The van der Waals surface area contributed by atoms with Crippen molar-refractivity contribution in [3.05, 3.63) is 146 Å². The van der Waals surface area contributed by atoms with Crippen molar-refractivity contribution in [3.63, 3.8) is 0 Å². The molecule has 0 saturated heterocycles. The van der Waals surface area contributed by atoms with Gasteiger partial charge in [-0.3, -0.25) is 14.4 Å². The maximum absolute atomic E-state index is 12.8. The minimum absolute atomic E-state index is 0.116. The van der Waals surface area contributed by atoms with Crippen LogP contribution in [-0.2, 0) is 28.6 Å². The lowest BCUT2D eigenvalue weighted by molar-refractivity contribution is -0.167. The maximum Gasteiger partial charge on any atom is 0.306 e. The van der Waals surface area contributed by atoms with Gasteiger partial charge >= 0.3 is 17.9 Å². The second kappa shape index (κ2) is 56.9. The van der Waals surface area contributed by atoms with E-state index in [4.69, 9.17) is 14.2 Å². The van der Waals surface area contributed by atoms with Gasteiger partial charge in [0.05, 0.1) is 0 Å². The zero-order valence-electron chi connectivity index (χ0n) is 44.7. The van der Waals surface area contributed by atoms with Crippen molar-refractivity contribution in [2.75, 3.05) is 13.2 Å². The predicted octanol–water partition coefficient (Wildman–Crippen LogP) is 18.8. The van der Waals surface area contributed by atoms with Crippen LogP contribution in [0.4, 0.5) is 0 Å². The molecule has 0 radical (unpaired) electrons. The van der Waals surface area contributed by atoms with E-state index in [1.165, 1.54) is 44.9 Å². The summed E-state index contributed by atoms with van der Waals surface area (Å²) in [5.74, 6) is -1.02. The van der Waals surface area contributed by atoms with E-state index >= 15 is 0 Å². The molecule has 0 rings (SSSR count). The normalized spacial score (nSPS) is 13.2. The number of hydrogen-bond acceptors (Lipinski definition) is 6. The fourth-order valence-electron chi connectivity index (χ4n) is 6.99. The fourth-order valence-corrected chi connectivity index (χ4v) is 6.99. The third-order valence-electron chi connectivity index (χ3n) is 11.1. The molecule has 0 spiro atoms. The molecule has 0 N–H and O–H groups in total. The van der Waals surface area contributed by atoms with Crippen molar-refractivity contribution in [2.45, 2.75) is 226 Å². The molecule has 6 nitrogen and oxygen atoms in total. The van der Waals surface area contributed by atoms with Gasteiger partial charge in [-0.05, 0) is 116 Å². The zero-order chi connectivity index (χ0) is 50.7. The van der Waals surface area contributed by atoms with Crippen LogP contribution in [0.15, 0.2) is 146 Å². The van der Waals surface area contributed by atoms with E-state index < -0.39 is 6.10 Å². The minimum Gasteiger partial charge on any atom is -0.462 e. The summed E-state index contributed by atoms with van der Waals surface area (Å²) in [6, 6.07) is 0. The molecule has 6 heteroatoms. The molecule has 0 aromatic heterocycles. The number of ether oxygens (including phenoxy) is 3. The van der Waals surface area contributed by atoms with Gasteiger partial charge in [-0.1, -0.05) is 231 Å². The summed E-state index contributed by atoms with van der Waals surface area (Å²) in [7, 11) is 0. The van der Waals surface area contributed by atoms with Gasteiger partial charge in [-0.15, -0.1) is 0 Å². The highest BCUT2D eigenvalue weighted by molar-refractivity contribution is 5.71. The average molecular weight is 965 g/mol. The van der Waals surface area contributed by atoms with Gasteiger partial charge in [0.1, 0.15) is 13.2 Å². The van der Waals surface area contributed by atoms with Crippen molar-refractivity contribution in [3.8, 4) is 0 Å². The first-order chi connectivity index (χ1) is 34.5. The Morgan fingerprint density at radius 1 is 0.300 bits per heavy atom. The topological polar surface area (TPSA) is 78.9 Å². The fraction of sp³-hybridized carbons (Fsp3) is 0.578. The maximum atomic E-state index is 12.8. The minimum atomic E-state index is -0.826. The van der Waals surface area contributed by atoms with Crippen molar-refractivity contribution < 1.29 is 28.6 Å². The Balaban J connectivity index is 4.48. The number of carbonyl (C=O) groups is 3. The van der Waals surface area contributed by atoms with Gasteiger partial charge in [-0.2, -0.15) is 0 Å². The van der Waals surface area contributed by atoms with Crippen LogP contribution in [0, 0.1) is 0 Å². The third-order valence-corrected chi connectivity index (χ3v) is 11.1. The molecule has 0 saturated carbocycles. The van der Waals surface area contributed by atoms with Crippen LogP contribution in [-0.4, -0.2) is 37.2 Å². The van der Waals surface area contributed by atoms with E-state index in [9.17, 15) is 14.4 Å². The smallest absolute Gasteiger partial charge is 0.306 e. The van der Waals surface area contributed by atoms with Gasteiger partial charge in [0.15, 0.2) is 6.10 Å².